The van der Waals surface area contributed by atoms with Gasteiger partial charge in [0.05, 0.1) is 11.9 Å². The van der Waals surface area contributed by atoms with E-state index in [-0.39, 0.29) is 0 Å². The highest BCUT2D eigenvalue weighted by Gasteiger charge is 2.12. The first-order chi connectivity index (χ1) is 12.2. The van der Waals surface area contributed by atoms with Gasteiger partial charge in [0, 0.05) is 48.7 Å². The lowest BCUT2D eigenvalue weighted by Crippen LogP contribution is -2.26. The van der Waals surface area contributed by atoms with Crippen molar-refractivity contribution in [2.24, 2.45) is 0 Å². The summed E-state index contributed by atoms with van der Waals surface area (Å²) in [4.78, 5) is 9.97. The molecule has 0 fully saturated rings. The standard InChI is InChI=1S/C18H23N7/c1-25(2)9-8-20-11-13-10-15-14(5-7-21-18(15)23-13)16-12-22-24-17(16)4-3-6-19/h3-7,10,12,19-20H,8-9,11H2,1-2H3,(H,21,23)(H,22,24)/b4-3-,19-6?. The van der Waals surface area contributed by atoms with E-state index in [4.69, 9.17) is 5.41 Å². The number of hydrogen-bond acceptors (Lipinski definition) is 5. The number of pyridine rings is 1. The van der Waals surface area contributed by atoms with Gasteiger partial charge >= 0.3 is 0 Å². The Kier molecular flexibility index (Phi) is 5.37. The number of fused-ring (bicyclic) bond motifs is 1. The molecule has 0 saturated carbocycles. The number of aromatic amines is 2. The summed E-state index contributed by atoms with van der Waals surface area (Å²) in [6, 6.07) is 4.13. The van der Waals surface area contributed by atoms with Crippen molar-refractivity contribution in [3.05, 3.63) is 42.0 Å². The van der Waals surface area contributed by atoms with Crippen molar-refractivity contribution in [3.63, 3.8) is 0 Å². The maximum absolute atomic E-state index is 7.15. The van der Waals surface area contributed by atoms with Crippen molar-refractivity contribution in [3.8, 4) is 11.1 Å². The van der Waals surface area contributed by atoms with E-state index in [9.17, 15) is 0 Å². The highest BCUT2D eigenvalue weighted by Crippen LogP contribution is 2.30. The molecule has 0 amide bonds. The van der Waals surface area contributed by atoms with Crippen LogP contribution in [0.15, 0.2) is 30.6 Å². The minimum atomic E-state index is 0.773. The lowest BCUT2D eigenvalue weighted by molar-refractivity contribution is 0.399. The van der Waals surface area contributed by atoms with Crippen LogP contribution >= 0.6 is 0 Å². The molecule has 25 heavy (non-hydrogen) atoms. The van der Waals surface area contributed by atoms with Gasteiger partial charge in [-0.05, 0) is 43.9 Å². The molecule has 0 unspecified atom stereocenters. The average Bonchev–Trinajstić information content (AvgIpc) is 3.22. The van der Waals surface area contributed by atoms with Crippen LogP contribution in [0.4, 0.5) is 0 Å². The Morgan fingerprint density at radius 3 is 3.00 bits per heavy atom. The fraction of sp³-hybridized carbons (Fsp3) is 0.278. The molecular formula is C18H23N7. The Morgan fingerprint density at radius 2 is 2.20 bits per heavy atom. The molecule has 3 rings (SSSR count). The van der Waals surface area contributed by atoms with E-state index in [0.29, 0.717) is 0 Å². The summed E-state index contributed by atoms with van der Waals surface area (Å²) in [7, 11) is 4.13. The third kappa shape index (κ3) is 4.01. The lowest BCUT2D eigenvalue weighted by atomic mass is 10.0. The quantitative estimate of drug-likeness (QED) is 0.374. The van der Waals surface area contributed by atoms with Crippen LogP contribution in [0.2, 0.25) is 0 Å². The Morgan fingerprint density at radius 1 is 1.32 bits per heavy atom. The molecule has 0 radical (unpaired) electrons. The Balaban J connectivity index is 1.86. The van der Waals surface area contributed by atoms with Crippen LogP contribution in [0.1, 0.15) is 11.4 Å². The third-order valence-corrected chi connectivity index (χ3v) is 3.96. The van der Waals surface area contributed by atoms with E-state index in [0.717, 1.165) is 53.2 Å². The second-order valence-corrected chi connectivity index (χ2v) is 6.12. The molecule has 0 aliphatic rings. The van der Waals surface area contributed by atoms with Crippen molar-refractivity contribution < 1.29 is 0 Å². The van der Waals surface area contributed by atoms with Gasteiger partial charge in [0.25, 0.3) is 0 Å². The van der Waals surface area contributed by atoms with Crippen LogP contribution in [0.3, 0.4) is 0 Å². The number of aromatic nitrogens is 4. The van der Waals surface area contributed by atoms with Gasteiger partial charge in [-0.3, -0.25) is 5.10 Å². The van der Waals surface area contributed by atoms with Gasteiger partial charge in [0.1, 0.15) is 5.65 Å². The molecule has 0 spiro atoms. The molecule has 0 aliphatic heterocycles. The Labute approximate surface area is 146 Å². The minimum absolute atomic E-state index is 0.773. The molecule has 3 aromatic heterocycles. The van der Waals surface area contributed by atoms with Crippen molar-refractivity contribution >= 4 is 23.3 Å². The van der Waals surface area contributed by atoms with Crippen molar-refractivity contribution in [1.82, 2.24) is 30.4 Å². The normalized spacial score (nSPS) is 11.8. The van der Waals surface area contributed by atoms with Gasteiger partial charge in [-0.2, -0.15) is 5.10 Å². The van der Waals surface area contributed by atoms with Crippen LogP contribution < -0.4 is 5.32 Å². The maximum atomic E-state index is 7.15. The van der Waals surface area contributed by atoms with Crippen LogP contribution in [0, 0.1) is 5.41 Å². The second kappa shape index (κ2) is 7.87. The predicted octanol–water partition coefficient (Wildman–Crippen LogP) is 2.27. The summed E-state index contributed by atoms with van der Waals surface area (Å²) in [6.45, 7) is 2.71. The van der Waals surface area contributed by atoms with Crippen LogP contribution in [-0.4, -0.2) is 58.5 Å². The van der Waals surface area contributed by atoms with E-state index in [2.05, 4.69) is 50.5 Å². The number of nitrogens with one attached hydrogen (secondary N) is 4. The van der Waals surface area contributed by atoms with Crippen LogP contribution in [0.5, 0.6) is 0 Å². The zero-order chi connectivity index (χ0) is 17.6. The van der Waals surface area contributed by atoms with Crippen molar-refractivity contribution in [1.29, 1.82) is 5.41 Å². The molecule has 7 nitrogen and oxygen atoms in total. The number of hydrogen-bond donors (Lipinski definition) is 4. The van der Waals surface area contributed by atoms with Crippen LogP contribution in [-0.2, 0) is 6.54 Å². The summed E-state index contributed by atoms with van der Waals surface area (Å²) in [5.74, 6) is 0. The number of likely N-dealkylation sites (N-methyl/N-ethyl adjacent to an activating group) is 1. The topological polar surface area (TPSA) is 96.5 Å². The largest absolute Gasteiger partial charge is 0.342 e. The van der Waals surface area contributed by atoms with Gasteiger partial charge < -0.3 is 20.6 Å². The van der Waals surface area contributed by atoms with Crippen molar-refractivity contribution in [2.45, 2.75) is 6.54 Å². The van der Waals surface area contributed by atoms with E-state index in [1.807, 2.05) is 12.1 Å². The smallest absolute Gasteiger partial charge is 0.138 e. The summed E-state index contributed by atoms with van der Waals surface area (Å²) < 4.78 is 0. The van der Waals surface area contributed by atoms with Gasteiger partial charge in [-0.25, -0.2) is 4.98 Å². The lowest BCUT2D eigenvalue weighted by Gasteiger charge is -2.09. The number of allylic oxidation sites excluding steroid dienone is 1. The van der Waals surface area contributed by atoms with E-state index in [1.165, 1.54) is 6.21 Å². The molecule has 7 heteroatoms. The molecule has 0 atom stereocenters. The monoisotopic (exact) mass is 337 g/mol. The number of rotatable bonds is 8. The average molecular weight is 337 g/mol. The Bertz CT molecular complexity index is 873. The van der Waals surface area contributed by atoms with Crippen molar-refractivity contribution in [2.75, 3.05) is 27.2 Å². The molecule has 3 heterocycles. The summed E-state index contributed by atoms with van der Waals surface area (Å²) in [6.07, 6.45) is 8.38. The molecular weight excluding hydrogens is 314 g/mol. The first-order valence-corrected chi connectivity index (χ1v) is 8.22. The second-order valence-electron chi connectivity index (χ2n) is 6.12. The molecule has 0 aliphatic carbocycles. The summed E-state index contributed by atoms with van der Waals surface area (Å²) in [5, 5.41) is 18.8. The zero-order valence-electron chi connectivity index (χ0n) is 14.5. The number of H-pyrrole nitrogens is 2. The van der Waals surface area contributed by atoms with E-state index >= 15 is 0 Å². The minimum Gasteiger partial charge on any atom is -0.342 e. The molecule has 0 bridgehead atoms. The zero-order valence-corrected chi connectivity index (χ0v) is 14.5. The predicted molar refractivity (Wildman–Crippen MR) is 102 cm³/mol. The molecule has 0 saturated heterocycles. The molecule has 130 valence electrons. The molecule has 0 aromatic carbocycles. The van der Waals surface area contributed by atoms with E-state index in [1.54, 1.807) is 18.5 Å². The van der Waals surface area contributed by atoms with Gasteiger partial charge in [-0.1, -0.05) is 0 Å². The Hall–Kier alpha value is -2.77. The summed E-state index contributed by atoms with van der Waals surface area (Å²) >= 11 is 0. The fourth-order valence-electron chi connectivity index (χ4n) is 2.72. The molecule has 4 N–H and O–H groups in total. The van der Waals surface area contributed by atoms with Crippen LogP contribution in [0.25, 0.3) is 28.2 Å². The number of nitrogens with zero attached hydrogens (tertiary/aromatic N) is 3. The van der Waals surface area contributed by atoms with Gasteiger partial charge in [0.2, 0.25) is 0 Å². The SMILES string of the molecule is CN(C)CCNCc1cc2c(-c3cn[nH]c3/C=C\C=N)ccnc2[nH]1. The molecule has 3 aromatic rings. The summed E-state index contributed by atoms with van der Waals surface area (Å²) in [5.41, 5.74) is 4.91. The third-order valence-electron chi connectivity index (χ3n) is 3.96. The first kappa shape index (κ1) is 17.1. The highest BCUT2D eigenvalue weighted by atomic mass is 15.1. The van der Waals surface area contributed by atoms with E-state index < -0.39 is 0 Å². The van der Waals surface area contributed by atoms with Gasteiger partial charge in [0.15, 0.2) is 0 Å². The first-order valence-electron chi connectivity index (χ1n) is 8.22. The maximum Gasteiger partial charge on any atom is 0.138 e. The fourth-order valence-corrected chi connectivity index (χ4v) is 2.72. The van der Waals surface area contributed by atoms with Gasteiger partial charge in [-0.15, -0.1) is 0 Å². The highest BCUT2D eigenvalue weighted by molar-refractivity contribution is 5.95.